The van der Waals surface area contributed by atoms with Crippen LogP contribution in [-0.4, -0.2) is 52.2 Å². The zero-order valence-corrected chi connectivity index (χ0v) is 15.5. The minimum Gasteiger partial charge on any atom is -0.465 e. The van der Waals surface area contributed by atoms with Crippen molar-refractivity contribution in [2.45, 2.75) is 39.2 Å². The lowest BCUT2D eigenvalue weighted by molar-refractivity contribution is 0.1000. The minimum atomic E-state index is -0.854. The van der Waals surface area contributed by atoms with Gasteiger partial charge < -0.3 is 15.7 Å². The number of hydrogen-bond donors (Lipinski definition) is 2. The van der Waals surface area contributed by atoms with E-state index in [4.69, 9.17) is 5.73 Å². The summed E-state index contributed by atoms with van der Waals surface area (Å²) in [5.41, 5.74) is 9.16. The molecule has 2 aliphatic heterocycles. The summed E-state index contributed by atoms with van der Waals surface area (Å²) in [5.74, 6) is -0.437. The first kappa shape index (κ1) is 18.1. The second-order valence-electron chi connectivity index (χ2n) is 7.77. The summed E-state index contributed by atoms with van der Waals surface area (Å²) >= 11 is 0. The average Bonchev–Trinajstić information content (AvgIpc) is 2.81. The number of benzene rings is 1. The molecule has 7 nitrogen and oxygen atoms in total. The highest BCUT2D eigenvalue weighted by Crippen LogP contribution is 2.38. The number of primary amides is 1. The molecule has 0 bridgehead atoms. The number of anilines is 1. The number of hydrogen-bond acceptors (Lipinski definition) is 4. The number of carboxylic acid groups (broad SMARTS) is 1. The van der Waals surface area contributed by atoms with Crippen LogP contribution in [0.2, 0.25) is 0 Å². The first-order valence-electron chi connectivity index (χ1n) is 8.85. The molecule has 0 radical (unpaired) electrons. The molecule has 0 spiro atoms. The lowest BCUT2D eigenvalue weighted by Crippen LogP contribution is -2.50. The fourth-order valence-corrected chi connectivity index (χ4v) is 3.73. The molecule has 3 N–H and O–H groups in total. The third-order valence-corrected chi connectivity index (χ3v) is 4.90. The number of nitrogens with two attached hydrogens (primary N) is 1. The molecule has 1 aromatic rings. The summed E-state index contributed by atoms with van der Waals surface area (Å²) in [4.78, 5) is 24.1. The van der Waals surface area contributed by atoms with Gasteiger partial charge in [0.05, 0.1) is 17.8 Å². The van der Waals surface area contributed by atoms with Gasteiger partial charge in [0.25, 0.3) is 0 Å². The van der Waals surface area contributed by atoms with Gasteiger partial charge in [-0.05, 0) is 57.0 Å². The molecule has 2 heterocycles. The SMILES string of the molecule is CC(C)(C)N1C2=C(CCN(C(=O)O)CC2)CN1c1ccc(C(N)=O)cc1. The van der Waals surface area contributed by atoms with Gasteiger partial charge in [-0.15, -0.1) is 0 Å². The zero-order chi connectivity index (χ0) is 19.1. The second-order valence-corrected chi connectivity index (χ2v) is 7.77. The summed E-state index contributed by atoms with van der Waals surface area (Å²) in [6.07, 6.45) is 0.589. The van der Waals surface area contributed by atoms with Crippen molar-refractivity contribution in [3.63, 3.8) is 0 Å². The summed E-state index contributed by atoms with van der Waals surface area (Å²) < 4.78 is 0. The Hall–Kier alpha value is -2.70. The maximum absolute atomic E-state index is 11.3. The number of rotatable bonds is 2. The summed E-state index contributed by atoms with van der Waals surface area (Å²) in [6, 6.07) is 7.31. The monoisotopic (exact) mass is 358 g/mol. The number of amides is 2. The van der Waals surface area contributed by atoms with Crippen LogP contribution < -0.4 is 10.7 Å². The molecule has 7 heteroatoms. The topological polar surface area (TPSA) is 90.1 Å². The van der Waals surface area contributed by atoms with Gasteiger partial charge in [0.2, 0.25) is 5.91 Å². The molecule has 0 aromatic heterocycles. The highest BCUT2D eigenvalue weighted by atomic mass is 16.4. The Morgan fingerprint density at radius 2 is 1.69 bits per heavy atom. The van der Waals surface area contributed by atoms with E-state index in [0.717, 1.165) is 18.7 Å². The van der Waals surface area contributed by atoms with E-state index < -0.39 is 12.0 Å². The molecule has 0 atom stereocenters. The van der Waals surface area contributed by atoms with Crippen LogP contribution in [0, 0.1) is 0 Å². The van der Waals surface area contributed by atoms with Crippen LogP contribution in [-0.2, 0) is 0 Å². The Morgan fingerprint density at radius 3 is 2.23 bits per heavy atom. The smallest absolute Gasteiger partial charge is 0.407 e. The zero-order valence-electron chi connectivity index (χ0n) is 15.5. The quantitative estimate of drug-likeness (QED) is 0.848. The largest absolute Gasteiger partial charge is 0.465 e. The van der Waals surface area contributed by atoms with E-state index in [2.05, 4.69) is 30.8 Å². The highest BCUT2D eigenvalue weighted by Gasteiger charge is 2.38. The van der Waals surface area contributed by atoms with Gasteiger partial charge in [-0.1, -0.05) is 0 Å². The molecule has 0 unspecified atom stereocenters. The van der Waals surface area contributed by atoms with Gasteiger partial charge in [0.1, 0.15) is 0 Å². The molecule has 1 aromatic carbocycles. The van der Waals surface area contributed by atoms with E-state index >= 15 is 0 Å². The molecule has 2 aliphatic rings. The number of carbonyl (C=O) groups is 2. The van der Waals surface area contributed by atoms with Gasteiger partial charge in [-0.2, -0.15) is 0 Å². The maximum Gasteiger partial charge on any atom is 0.407 e. The summed E-state index contributed by atoms with van der Waals surface area (Å²) in [6.45, 7) is 8.21. The van der Waals surface area contributed by atoms with E-state index in [-0.39, 0.29) is 5.54 Å². The maximum atomic E-state index is 11.3. The van der Waals surface area contributed by atoms with Crippen LogP contribution in [0.5, 0.6) is 0 Å². The van der Waals surface area contributed by atoms with E-state index in [9.17, 15) is 14.7 Å². The standard InChI is InChI=1S/C19H26N4O3/c1-19(2,3)23-16-9-11-21(18(25)26)10-8-14(16)12-22(23)15-6-4-13(5-7-15)17(20)24/h4-7H,8-12H2,1-3H3,(H2,20,24)(H,25,26). The molecule has 0 saturated carbocycles. The molecule has 26 heavy (non-hydrogen) atoms. The fourth-order valence-electron chi connectivity index (χ4n) is 3.73. The predicted octanol–water partition coefficient (Wildman–Crippen LogP) is 2.65. The molecular formula is C19H26N4O3. The molecule has 0 aliphatic carbocycles. The van der Waals surface area contributed by atoms with Crippen molar-refractivity contribution in [3.05, 3.63) is 41.1 Å². The second kappa shape index (κ2) is 6.55. The molecule has 3 rings (SSSR count). The number of nitrogens with zero attached hydrogens (tertiary/aromatic N) is 3. The van der Waals surface area contributed by atoms with Crippen molar-refractivity contribution in [1.82, 2.24) is 9.91 Å². The van der Waals surface area contributed by atoms with Crippen LogP contribution in [0.1, 0.15) is 44.0 Å². The van der Waals surface area contributed by atoms with Gasteiger partial charge in [-0.25, -0.2) is 4.79 Å². The van der Waals surface area contributed by atoms with Crippen LogP contribution in [0.3, 0.4) is 0 Å². The fraction of sp³-hybridized carbons (Fsp3) is 0.474. The van der Waals surface area contributed by atoms with Crippen molar-refractivity contribution < 1.29 is 14.7 Å². The van der Waals surface area contributed by atoms with Crippen molar-refractivity contribution in [1.29, 1.82) is 0 Å². The third-order valence-electron chi connectivity index (χ3n) is 4.90. The predicted molar refractivity (Wildman–Crippen MR) is 99.8 cm³/mol. The Morgan fingerprint density at radius 1 is 1.08 bits per heavy atom. The van der Waals surface area contributed by atoms with Crippen molar-refractivity contribution in [3.8, 4) is 0 Å². The van der Waals surface area contributed by atoms with E-state index in [1.165, 1.54) is 16.2 Å². The van der Waals surface area contributed by atoms with Crippen molar-refractivity contribution >= 4 is 17.7 Å². The van der Waals surface area contributed by atoms with Crippen LogP contribution in [0.15, 0.2) is 35.5 Å². The molecule has 2 amide bonds. The van der Waals surface area contributed by atoms with E-state index in [1.54, 1.807) is 12.1 Å². The number of carbonyl (C=O) groups excluding carboxylic acids is 1. The third kappa shape index (κ3) is 3.34. The van der Waals surface area contributed by atoms with Gasteiger partial charge in [-0.3, -0.25) is 14.8 Å². The first-order chi connectivity index (χ1) is 12.2. The van der Waals surface area contributed by atoms with Crippen LogP contribution in [0.4, 0.5) is 10.5 Å². The number of hydrazine groups is 1. The summed E-state index contributed by atoms with van der Waals surface area (Å²) in [7, 11) is 0. The van der Waals surface area contributed by atoms with Gasteiger partial charge in [0, 0.05) is 30.8 Å². The lowest BCUT2D eigenvalue weighted by atomic mass is 10.0. The Labute approximate surface area is 153 Å². The minimum absolute atomic E-state index is 0.155. The van der Waals surface area contributed by atoms with Crippen molar-refractivity contribution in [2.75, 3.05) is 24.6 Å². The van der Waals surface area contributed by atoms with Gasteiger partial charge >= 0.3 is 6.09 Å². The van der Waals surface area contributed by atoms with Crippen LogP contribution >= 0.6 is 0 Å². The Balaban J connectivity index is 1.90. The Kier molecular flexibility index (Phi) is 4.56. The molecule has 0 saturated heterocycles. The Bertz CT molecular complexity index is 749. The van der Waals surface area contributed by atoms with Crippen molar-refractivity contribution in [2.24, 2.45) is 5.73 Å². The lowest BCUT2D eigenvalue weighted by Gasteiger charge is -2.44. The summed E-state index contributed by atoms with van der Waals surface area (Å²) in [5, 5.41) is 13.8. The average molecular weight is 358 g/mol. The first-order valence-corrected chi connectivity index (χ1v) is 8.85. The van der Waals surface area contributed by atoms with Gasteiger partial charge in [0.15, 0.2) is 0 Å². The van der Waals surface area contributed by atoms with E-state index in [0.29, 0.717) is 25.1 Å². The van der Waals surface area contributed by atoms with Crippen LogP contribution in [0.25, 0.3) is 0 Å². The molecular weight excluding hydrogens is 332 g/mol. The molecule has 140 valence electrons. The normalized spacial score (nSPS) is 18.0. The van der Waals surface area contributed by atoms with E-state index in [1.807, 2.05) is 12.1 Å². The highest BCUT2D eigenvalue weighted by molar-refractivity contribution is 5.93. The molecule has 0 fully saturated rings.